The highest BCUT2D eigenvalue weighted by atomic mass is 16.4. The van der Waals surface area contributed by atoms with Gasteiger partial charge in [-0.1, -0.05) is 13.0 Å². The number of amides is 2. The van der Waals surface area contributed by atoms with E-state index in [1.807, 2.05) is 39.0 Å². The molecule has 5 nitrogen and oxygen atoms in total. The number of hydrogen-bond donors (Lipinski definition) is 2. The summed E-state index contributed by atoms with van der Waals surface area (Å²) in [5, 5.41) is 11.5. The van der Waals surface area contributed by atoms with Gasteiger partial charge in [-0.3, -0.25) is 4.79 Å². The van der Waals surface area contributed by atoms with Crippen LogP contribution in [0.25, 0.3) is 0 Å². The molecule has 0 saturated carbocycles. The van der Waals surface area contributed by atoms with E-state index in [0.29, 0.717) is 18.7 Å². The number of aryl methyl sites for hydroxylation is 2. The molecular formula is C14H20N2O3. The Morgan fingerprint density at radius 2 is 1.95 bits per heavy atom. The summed E-state index contributed by atoms with van der Waals surface area (Å²) in [7, 11) is 0. The van der Waals surface area contributed by atoms with Gasteiger partial charge in [-0.2, -0.15) is 0 Å². The Morgan fingerprint density at radius 1 is 1.26 bits per heavy atom. The van der Waals surface area contributed by atoms with E-state index >= 15 is 0 Å². The standard InChI is InChI=1S/C14H20N2O3/c1-4-7-16(9-13(17)18)14(19)15-12-6-5-10(2)11(3)8-12/h5-6,8H,4,7,9H2,1-3H3,(H,15,19)(H,17,18). The lowest BCUT2D eigenvalue weighted by Crippen LogP contribution is -2.39. The molecule has 0 bridgehead atoms. The van der Waals surface area contributed by atoms with Crippen LogP contribution in [0.4, 0.5) is 10.5 Å². The minimum Gasteiger partial charge on any atom is -0.480 e. The number of carbonyl (C=O) groups is 2. The van der Waals surface area contributed by atoms with E-state index in [2.05, 4.69) is 5.32 Å². The second-order valence-corrected chi connectivity index (χ2v) is 4.54. The molecule has 0 aliphatic carbocycles. The van der Waals surface area contributed by atoms with E-state index in [-0.39, 0.29) is 12.6 Å². The SMILES string of the molecule is CCCN(CC(=O)O)C(=O)Nc1ccc(C)c(C)c1. The van der Waals surface area contributed by atoms with Crippen molar-refractivity contribution in [3.05, 3.63) is 29.3 Å². The molecule has 19 heavy (non-hydrogen) atoms. The normalized spacial score (nSPS) is 10.1. The molecule has 0 saturated heterocycles. The first-order valence-corrected chi connectivity index (χ1v) is 6.29. The average molecular weight is 264 g/mol. The van der Waals surface area contributed by atoms with Gasteiger partial charge in [0.15, 0.2) is 0 Å². The summed E-state index contributed by atoms with van der Waals surface area (Å²) in [5.74, 6) is -1.01. The smallest absolute Gasteiger partial charge is 0.323 e. The van der Waals surface area contributed by atoms with Crippen molar-refractivity contribution in [1.29, 1.82) is 0 Å². The van der Waals surface area contributed by atoms with Gasteiger partial charge in [-0.25, -0.2) is 4.79 Å². The highest BCUT2D eigenvalue weighted by Gasteiger charge is 2.15. The fourth-order valence-corrected chi connectivity index (χ4v) is 1.71. The zero-order chi connectivity index (χ0) is 14.4. The van der Waals surface area contributed by atoms with Gasteiger partial charge in [0.1, 0.15) is 6.54 Å². The molecule has 0 radical (unpaired) electrons. The fourth-order valence-electron chi connectivity index (χ4n) is 1.71. The quantitative estimate of drug-likeness (QED) is 0.859. The minimum atomic E-state index is -1.01. The van der Waals surface area contributed by atoms with Crippen LogP contribution in [0.3, 0.4) is 0 Å². The molecule has 1 aromatic carbocycles. The van der Waals surface area contributed by atoms with Gasteiger partial charge in [0.2, 0.25) is 0 Å². The van der Waals surface area contributed by atoms with Crippen LogP contribution in [-0.4, -0.2) is 35.1 Å². The molecular weight excluding hydrogens is 244 g/mol. The monoisotopic (exact) mass is 264 g/mol. The van der Waals surface area contributed by atoms with Crippen LogP contribution in [0.15, 0.2) is 18.2 Å². The molecule has 5 heteroatoms. The van der Waals surface area contributed by atoms with E-state index in [9.17, 15) is 9.59 Å². The number of hydrogen-bond acceptors (Lipinski definition) is 2. The second-order valence-electron chi connectivity index (χ2n) is 4.54. The summed E-state index contributed by atoms with van der Waals surface area (Å²) in [6.45, 7) is 5.99. The van der Waals surface area contributed by atoms with Gasteiger partial charge in [-0.05, 0) is 43.5 Å². The van der Waals surface area contributed by atoms with Gasteiger partial charge in [0.25, 0.3) is 0 Å². The van der Waals surface area contributed by atoms with E-state index in [0.717, 1.165) is 11.1 Å². The number of nitrogens with one attached hydrogen (secondary N) is 1. The fraction of sp³-hybridized carbons (Fsp3) is 0.429. The van der Waals surface area contributed by atoms with Crippen molar-refractivity contribution >= 4 is 17.7 Å². The molecule has 0 heterocycles. The predicted molar refractivity (Wildman–Crippen MR) is 74.4 cm³/mol. The number of urea groups is 1. The maximum Gasteiger partial charge on any atom is 0.323 e. The molecule has 104 valence electrons. The second kappa shape index (κ2) is 6.78. The molecule has 0 aromatic heterocycles. The molecule has 0 atom stereocenters. The third kappa shape index (κ3) is 4.62. The lowest BCUT2D eigenvalue weighted by atomic mass is 10.1. The first-order chi connectivity index (χ1) is 8.93. The lowest BCUT2D eigenvalue weighted by molar-refractivity contribution is -0.137. The van der Waals surface area contributed by atoms with Gasteiger partial charge in [-0.15, -0.1) is 0 Å². The maximum atomic E-state index is 12.0. The van der Waals surface area contributed by atoms with Gasteiger partial charge >= 0.3 is 12.0 Å². The van der Waals surface area contributed by atoms with Crippen LogP contribution in [-0.2, 0) is 4.79 Å². The number of aliphatic carboxylic acids is 1. The molecule has 0 aliphatic heterocycles. The number of nitrogens with zero attached hydrogens (tertiary/aromatic N) is 1. The number of benzene rings is 1. The molecule has 1 aromatic rings. The molecule has 0 unspecified atom stereocenters. The third-order valence-electron chi connectivity index (χ3n) is 2.87. The van der Waals surface area contributed by atoms with Crippen molar-refractivity contribution in [3.63, 3.8) is 0 Å². The number of rotatable bonds is 5. The maximum absolute atomic E-state index is 12.0. The molecule has 0 aliphatic rings. The molecule has 0 fully saturated rings. The van der Waals surface area contributed by atoms with Gasteiger partial charge in [0.05, 0.1) is 0 Å². The summed E-state index contributed by atoms with van der Waals surface area (Å²) >= 11 is 0. The van der Waals surface area contributed by atoms with Crippen molar-refractivity contribution in [3.8, 4) is 0 Å². The van der Waals surface area contributed by atoms with E-state index in [4.69, 9.17) is 5.11 Å². The van der Waals surface area contributed by atoms with Crippen LogP contribution in [0, 0.1) is 13.8 Å². The van der Waals surface area contributed by atoms with Crippen LogP contribution in [0.1, 0.15) is 24.5 Å². The Bertz CT molecular complexity index is 472. The Kier molecular flexibility index (Phi) is 5.36. The van der Waals surface area contributed by atoms with Crippen molar-refractivity contribution in [2.24, 2.45) is 0 Å². The third-order valence-corrected chi connectivity index (χ3v) is 2.87. The Balaban J connectivity index is 2.74. The van der Waals surface area contributed by atoms with E-state index in [1.54, 1.807) is 0 Å². The van der Waals surface area contributed by atoms with E-state index in [1.165, 1.54) is 4.90 Å². The van der Waals surface area contributed by atoms with Gasteiger partial charge < -0.3 is 15.3 Å². The molecule has 2 N–H and O–H groups in total. The van der Waals surface area contributed by atoms with Crippen LogP contribution in [0.2, 0.25) is 0 Å². The van der Waals surface area contributed by atoms with Crippen molar-refractivity contribution < 1.29 is 14.7 Å². The van der Waals surface area contributed by atoms with Gasteiger partial charge in [0, 0.05) is 12.2 Å². The van der Waals surface area contributed by atoms with E-state index < -0.39 is 5.97 Å². The summed E-state index contributed by atoms with van der Waals surface area (Å²) in [4.78, 5) is 24.0. The first kappa shape index (κ1) is 15.0. The Labute approximate surface area is 113 Å². The molecule has 0 spiro atoms. The highest BCUT2D eigenvalue weighted by molar-refractivity contribution is 5.91. The number of anilines is 1. The Morgan fingerprint density at radius 3 is 2.47 bits per heavy atom. The zero-order valence-electron chi connectivity index (χ0n) is 11.6. The van der Waals surface area contributed by atoms with Crippen LogP contribution < -0.4 is 5.32 Å². The summed E-state index contributed by atoms with van der Waals surface area (Å²) < 4.78 is 0. The number of carbonyl (C=O) groups excluding carboxylic acids is 1. The predicted octanol–water partition coefficient (Wildman–Crippen LogP) is 2.63. The number of carboxylic acids is 1. The topological polar surface area (TPSA) is 69.6 Å². The largest absolute Gasteiger partial charge is 0.480 e. The number of carboxylic acid groups (broad SMARTS) is 1. The lowest BCUT2D eigenvalue weighted by Gasteiger charge is -2.20. The minimum absolute atomic E-state index is 0.287. The average Bonchev–Trinajstić information content (AvgIpc) is 2.33. The Hall–Kier alpha value is -2.04. The van der Waals surface area contributed by atoms with Crippen molar-refractivity contribution in [2.75, 3.05) is 18.4 Å². The molecule has 1 rings (SSSR count). The summed E-state index contributed by atoms with van der Waals surface area (Å²) in [6, 6.07) is 5.22. The zero-order valence-corrected chi connectivity index (χ0v) is 11.6. The van der Waals surface area contributed by atoms with Crippen LogP contribution in [0.5, 0.6) is 0 Å². The molecule has 2 amide bonds. The van der Waals surface area contributed by atoms with Crippen LogP contribution >= 0.6 is 0 Å². The van der Waals surface area contributed by atoms with Crippen molar-refractivity contribution in [2.45, 2.75) is 27.2 Å². The highest BCUT2D eigenvalue weighted by Crippen LogP contribution is 2.14. The first-order valence-electron chi connectivity index (χ1n) is 6.29. The van der Waals surface area contributed by atoms with Crippen molar-refractivity contribution in [1.82, 2.24) is 4.90 Å². The summed E-state index contributed by atoms with van der Waals surface area (Å²) in [6.07, 6.45) is 0.716. The summed E-state index contributed by atoms with van der Waals surface area (Å²) in [5.41, 5.74) is 2.91.